The van der Waals surface area contributed by atoms with E-state index in [4.69, 9.17) is 33.0 Å². The number of carbonyl (C=O) groups is 1. The molecule has 8 heteroatoms. The molecule has 1 N–H and O–H groups in total. The third-order valence-electron chi connectivity index (χ3n) is 3.14. The predicted octanol–water partition coefficient (Wildman–Crippen LogP) is 3.59. The number of ether oxygens (including phenoxy) is 1. The van der Waals surface area contributed by atoms with Crippen molar-refractivity contribution in [3.8, 4) is 0 Å². The van der Waals surface area contributed by atoms with Gasteiger partial charge >= 0.3 is 12.1 Å². The first kappa shape index (κ1) is 15.4. The van der Waals surface area contributed by atoms with E-state index in [9.17, 15) is 18.0 Å². The van der Waals surface area contributed by atoms with Crippen molar-refractivity contribution in [3.63, 3.8) is 0 Å². The number of alkyl halides is 3. The Hall–Kier alpha value is -0.980. The lowest BCUT2D eigenvalue weighted by molar-refractivity contribution is -0.222. The second kappa shape index (κ2) is 5.09. The fourth-order valence-corrected chi connectivity index (χ4v) is 2.63. The molecule has 0 aromatic rings. The van der Waals surface area contributed by atoms with Crippen LogP contribution < -0.4 is 0 Å². The lowest BCUT2D eigenvalue weighted by atomic mass is 9.87. The maximum Gasteiger partial charge on any atom is 0.419 e. The van der Waals surface area contributed by atoms with Crippen molar-refractivity contribution >= 4 is 29.2 Å². The topological polar surface area (TPSA) is 46.5 Å². The molecule has 2 aliphatic rings. The van der Waals surface area contributed by atoms with Crippen LogP contribution in [0.2, 0.25) is 0 Å². The third-order valence-corrected chi connectivity index (χ3v) is 4.09. The van der Waals surface area contributed by atoms with E-state index in [1.807, 2.05) is 0 Å². The van der Waals surface area contributed by atoms with Crippen LogP contribution in [0.15, 0.2) is 33.4 Å². The fraction of sp³-hybridized carbons (Fsp3) is 0.417. The maximum absolute atomic E-state index is 12.9. The standard InChI is InChI=1S/C12H9Cl2F3O3/c1-4-8(14)7(13)3-5-2-6(11(18)19)10(12(15,16)17)20-9(4)5/h2-4,9-10H,1H3,(H,18,19). The van der Waals surface area contributed by atoms with Gasteiger partial charge in [0.25, 0.3) is 0 Å². The number of halogens is 5. The van der Waals surface area contributed by atoms with E-state index >= 15 is 0 Å². The molecule has 0 spiro atoms. The van der Waals surface area contributed by atoms with Crippen LogP contribution in [0.3, 0.4) is 0 Å². The molecule has 3 atom stereocenters. The first-order chi connectivity index (χ1) is 9.12. The summed E-state index contributed by atoms with van der Waals surface area (Å²) in [5.41, 5.74) is -0.598. The van der Waals surface area contributed by atoms with Crippen LogP contribution in [0.1, 0.15) is 6.92 Å². The Bertz CT molecular complexity index is 549. The zero-order valence-electron chi connectivity index (χ0n) is 10.0. The highest BCUT2D eigenvalue weighted by Gasteiger charge is 2.50. The van der Waals surface area contributed by atoms with E-state index in [2.05, 4.69) is 0 Å². The number of carboxylic acid groups (broad SMARTS) is 1. The summed E-state index contributed by atoms with van der Waals surface area (Å²) in [5, 5.41) is 9.26. The molecule has 0 radical (unpaired) electrons. The SMILES string of the molecule is CC1C(Cl)=C(Cl)C=C2C=C(C(=O)O)C(C(F)(F)F)OC21. The highest BCUT2D eigenvalue weighted by atomic mass is 35.5. The summed E-state index contributed by atoms with van der Waals surface area (Å²) in [4.78, 5) is 11.0. The molecule has 3 unspecified atom stereocenters. The molecule has 1 aliphatic heterocycles. The van der Waals surface area contributed by atoms with Gasteiger partial charge in [0.1, 0.15) is 0 Å². The lowest BCUT2D eigenvalue weighted by Gasteiger charge is -2.37. The minimum atomic E-state index is -4.81. The van der Waals surface area contributed by atoms with Crippen molar-refractivity contribution < 1.29 is 27.8 Å². The largest absolute Gasteiger partial charge is 0.478 e. The highest BCUT2D eigenvalue weighted by Crippen LogP contribution is 2.43. The van der Waals surface area contributed by atoms with E-state index in [1.165, 1.54) is 6.08 Å². The summed E-state index contributed by atoms with van der Waals surface area (Å²) in [6, 6.07) is 0. The molecule has 0 amide bonds. The summed E-state index contributed by atoms with van der Waals surface area (Å²) in [6.07, 6.45) is -5.99. The minimum absolute atomic E-state index is 0.167. The number of allylic oxidation sites excluding steroid dienone is 2. The van der Waals surface area contributed by atoms with Gasteiger partial charge in [-0.3, -0.25) is 0 Å². The van der Waals surface area contributed by atoms with Crippen LogP contribution in [0.5, 0.6) is 0 Å². The lowest BCUT2D eigenvalue weighted by Crippen LogP contribution is -2.45. The van der Waals surface area contributed by atoms with Gasteiger partial charge in [0.2, 0.25) is 0 Å². The summed E-state index contributed by atoms with van der Waals surface area (Å²) in [7, 11) is 0. The van der Waals surface area contributed by atoms with Crippen LogP contribution in [-0.4, -0.2) is 29.5 Å². The van der Waals surface area contributed by atoms with Gasteiger partial charge in [-0.15, -0.1) is 0 Å². The quantitative estimate of drug-likeness (QED) is 0.800. The summed E-state index contributed by atoms with van der Waals surface area (Å²) in [6.45, 7) is 1.56. The van der Waals surface area contributed by atoms with Gasteiger partial charge in [-0.05, 0) is 17.7 Å². The molecular formula is C12H9Cl2F3O3. The van der Waals surface area contributed by atoms with Crippen molar-refractivity contribution in [2.45, 2.75) is 25.3 Å². The number of fused-ring (bicyclic) bond motifs is 1. The van der Waals surface area contributed by atoms with Crippen molar-refractivity contribution in [3.05, 3.63) is 33.4 Å². The number of aliphatic carboxylic acids is 1. The Morgan fingerprint density at radius 1 is 1.35 bits per heavy atom. The monoisotopic (exact) mass is 328 g/mol. The highest BCUT2D eigenvalue weighted by molar-refractivity contribution is 6.40. The molecule has 110 valence electrons. The van der Waals surface area contributed by atoms with Gasteiger partial charge in [-0.1, -0.05) is 30.1 Å². The molecule has 0 fully saturated rings. The van der Waals surface area contributed by atoms with Crippen molar-refractivity contribution in [1.82, 2.24) is 0 Å². The Kier molecular flexibility index (Phi) is 3.92. The number of hydrogen-bond acceptors (Lipinski definition) is 2. The molecule has 0 bridgehead atoms. The average molecular weight is 329 g/mol. The molecule has 2 rings (SSSR count). The molecule has 20 heavy (non-hydrogen) atoms. The first-order valence-corrected chi connectivity index (χ1v) is 6.32. The van der Waals surface area contributed by atoms with Crippen molar-refractivity contribution in [2.75, 3.05) is 0 Å². The van der Waals surface area contributed by atoms with E-state index in [0.717, 1.165) is 6.08 Å². The zero-order chi connectivity index (χ0) is 15.2. The molecule has 0 aromatic carbocycles. The van der Waals surface area contributed by atoms with E-state index in [0.29, 0.717) is 0 Å². The van der Waals surface area contributed by atoms with Crippen molar-refractivity contribution in [2.24, 2.45) is 5.92 Å². The molecule has 3 nitrogen and oxygen atoms in total. The Morgan fingerprint density at radius 3 is 2.45 bits per heavy atom. The minimum Gasteiger partial charge on any atom is -0.478 e. The summed E-state index contributed by atoms with van der Waals surface area (Å²) in [5.74, 6) is -2.27. The van der Waals surface area contributed by atoms with Gasteiger partial charge in [-0.2, -0.15) is 13.2 Å². The molecule has 1 heterocycles. The average Bonchev–Trinajstić information content (AvgIpc) is 2.33. The second-order valence-corrected chi connectivity index (χ2v) is 5.33. The van der Waals surface area contributed by atoms with Gasteiger partial charge in [0, 0.05) is 11.0 Å². The van der Waals surface area contributed by atoms with E-state index in [1.54, 1.807) is 6.92 Å². The Morgan fingerprint density at radius 2 is 1.95 bits per heavy atom. The third kappa shape index (κ3) is 2.60. The maximum atomic E-state index is 12.9. The van der Waals surface area contributed by atoms with E-state index in [-0.39, 0.29) is 15.6 Å². The second-order valence-electron chi connectivity index (χ2n) is 4.51. The molecule has 0 saturated heterocycles. The van der Waals surface area contributed by atoms with Crippen LogP contribution in [0.4, 0.5) is 13.2 Å². The van der Waals surface area contributed by atoms with Gasteiger partial charge in [-0.25, -0.2) is 4.79 Å². The molecule has 1 aliphatic carbocycles. The number of hydrogen-bond donors (Lipinski definition) is 1. The summed E-state index contributed by atoms with van der Waals surface area (Å²) < 4.78 is 43.6. The van der Waals surface area contributed by atoms with Crippen LogP contribution >= 0.6 is 23.2 Å². The molecule has 0 aromatic heterocycles. The van der Waals surface area contributed by atoms with E-state index < -0.39 is 35.8 Å². The number of carboxylic acids is 1. The Labute approximate surface area is 122 Å². The smallest absolute Gasteiger partial charge is 0.419 e. The zero-order valence-corrected chi connectivity index (χ0v) is 11.6. The van der Waals surface area contributed by atoms with Gasteiger partial charge < -0.3 is 9.84 Å². The van der Waals surface area contributed by atoms with Gasteiger partial charge in [0.15, 0.2) is 6.10 Å². The Balaban J connectivity index is 2.52. The van der Waals surface area contributed by atoms with Crippen LogP contribution in [0.25, 0.3) is 0 Å². The van der Waals surface area contributed by atoms with Crippen molar-refractivity contribution in [1.29, 1.82) is 0 Å². The van der Waals surface area contributed by atoms with Gasteiger partial charge in [0.05, 0.1) is 16.7 Å². The molecular weight excluding hydrogens is 320 g/mol. The normalized spacial score (nSPS) is 30.6. The predicted molar refractivity (Wildman–Crippen MR) is 66.4 cm³/mol. The number of rotatable bonds is 1. The molecule has 0 saturated carbocycles. The van der Waals surface area contributed by atoms with Crippen LogP contribution in [-0.2, 0) is 9.53 Å². The fourth-order valence-electron chi connectivity index (χ4n) is 2.16. The van der Waals surface area contributed by atoms with Crippen LogP contribution in [0, 0.1) is 5.92 Å². The first-order valence-electron chi connectivity index (χ1n) is 5.56. The summed E-state index contributed by atoms with van der Waals surface area (Å²) >= 11 is 11.8.